The Morgan fingerprint density at radius 1 is 0.750 bits per heavy atom. The first-order chi connectivity index (χ1) is 19.3. The molecule has 1 aliphatic heterocycles. The van der Waals surface area contributed by atoms with E-state index in [9.17, 15) is 13.2 Å². The number of piperazine rings is 1. The first-order valence-corrected chi connectivity index (χ1v) is 15.6. The summed E-state index contributed by atoms with van der Waals surface area (Å²) in [7, 11) is 0. The second-order valence-corrected chi connectivity index (χ2v) is 11.9. The summed E-state index contributed by atoms with van der Waals surface area (Å²) in [4.78, 5) is 6.71. The molecule has 0 atom stereocenters. The Bertz CT molecular complexity index is 1190. The van der Waals surface area contributed by atoms with Crippen molar-refractivity contribution in [3.05, 3.63) is 42.0 Å². The third-order valence-corrected chi connectivity index (χ3v) is 8.69. The molecular weight excluding hydrogens is 551 g/mol. The Labute approximate surface area is 247 Å². The van der Waals surface area contributed by atoms with Crippen molar-refractivity contribution in [2.45, 2.75) is 93.1 Å². The highest BCUT2D eigenvalue weighted by molar-refractivity contribution is 7.83. The van der Waals surface area contributed by atoms with Crippen LogP contribution in [0.3, 0.4) is 0 Å². The molecule has 0 amide bonds. The van der Waals surface area contributed by atoms with Crippen LogP contribution >= 0.6 is 25.3 Å². The number of hydrogen-bond donors (Lipinski definition) is 2. The number of thiol groups is 2. The van der Waals surface area contributed by atoms with Gasteiger partial charge in [-0.3, -0.25) is 4.90 Å². The van der Waals surface area contributed by atoms with Crippen LogP contribution in [-0.2, 0) is 13.0 Å². The molecule has 0 N–H and O–H groups in total. The SMILES string of the molecule is FC(F)(F)CCCCCCCCCc1cccc(N2CCN(CCCCn3nnc4cc(S)c(S)cc43)CC2)c1. The topological polar surface area (TPSA) is 37.2 Å². The zero-order chi connectivity index (χ0) is 28.4. The molecule has 0 bridgehead atoms. The van der Waals surface area contributed by atoms with Crippen molar-refractivity contribution in [2.75, 3.05) is 37.6 Å². The van der Waals surface area contributed by atoms with Crippen LogP contribution in [0.1, 0.15) is 69.8 Å². The molecule has 4 rings (SSSR count). The molecule has 0 radical (unpaired) electrons. The molecule has 10 heteroatoms. The van der Waals surface area contributed by atoms with Gasteiger partial charge in [0.1, 0.15) is 5.52 Å². The molecule has 0 aliphatic carbocycles. The number of unbranched alkanes of at least 4 members (excludes halogenated alkanes) is 7. The maximum Gasteiger partial charge on any atom is 0.389 e. The Morgan fingerprint density at radius 3 is 2.17 bits per heavy atom. The minimum atomic E-state index is -4.01. The number of aryl methyl sites for hydroxylation is 2. The van der Waals surface area contributed by atoms with Gasteiger partial charge in [0.05, 0.1) is 5.52 Å². The number of halogens is 3. The van der Waals surface area contributed by atoms with E-state index in [2.05, 4.69) is 69.6 Å². The second kappa shape index (κ2) is 15.4. The third-order valence-electron chi connectivity index (χ3n) is 7.78. The normalized spacial score (nSPS) is 14.9. The largest absolute Gasteiger partial charge is 0.389 e. The zero-order valence-corrected chi connectivity index (χ0v) is 25.0. The lowest BCUT2D eigenvalue weighted by atomic mass is 10.0. The van der Waals surface area contributed by atoms with Gasteiger partial charge in [0.25, 0.3) is 0 Å². The molecule has 0 saturated carbocycles. The van der Waals surface area contributed by atoms with Gasteiger partial charge < -0.3 is 4.90 Å². The minimum absolute atomic E-state index is 0.265. The third kappa shape index (κ3) is 9.87. The molecule has 1 saturated heterocycles. The molecule has 40 heavy (non-hydrogen) atoms. The summed E-state index contributed by atoms with van der Waals surface area (Å²) in [6.45, 7) is 6.19. The second-order valence-electron chi connectivity index (χ2n) is 10.9. The Morgan fingerprint density at radius 2 is 1.43 bits per heavy atom. The van der Waals surface area contributed by atoms with Gasteiger partial charge in [-0.25, -0.2) is 4.68 Å². The average Bonchev–Trinajstić information content (AvgIpc) is 3.31. The number of anilines is 1. The van der Waals surface area contributed by atoms with E-state index in [4.69, 9.17) is 0 Å². The Hall–Kier alpha value is -1.91. The summed E-state index contributed by atoms with van der Waals surface area (Å²) in [5.41, 5.74) is 4.56. The summed E-state index contributed by atoms with van der Waals surface area (Å²) in [5, 5.41) is 8.57. The van der Waals surface area contributed by atoms with Gasteiger partial charge in [-0.05, 0) is 68.5 Å². The van der Waals surface area contributed by atoms with Crippen LogP contribution in [0.2, 0.25) is 0 Å². The van der Waals surface area contributed by atoms with Crippen LogP contribution in [0, 0.1) is 0 Å². The van der Waals surface area contributed by atoms with E-state index >= 15 is 0 Å². The van der Waals surface area contributed by atoms with E-state index in [0.29, 0.717) is 6.42 Å². The van der Waals surface area contributed by atoms with E-state index in [1.165, 1.54) is 11.3 Å². The number of hydrogen-bond acceptors (Lipinski definition) is 6. The Kier molecular flexibility index (Phi) is 11.9. The number of rotatable bonds is 15. The lowest BCUT2D eigenvalue weighted by Gasteiger charge is -2.36. The van der Waals surface area contributed by atoms with Gasteiger partial charge in [0.15, 0.2) is 0 Å². The summed E-state index contributed by atoms with van der Waals surface area (Å²) >= 11 is 8.89. The smallest absolute Gasteiger partial charge is 0.369 e. The molecule has 2 heterocycles. The van der Waals surface area contributed by atoms with Crippen LogP contribution in [-0.4, -0.2) is 58.8 Å². The van der Waals surface area contributed by atoms with Crippen LogP contribution in [0.4, 0.5) is 18.9 Å². The summed E-state index contributed by atoms with van der Waals surface area (Å²) in [6, 6.07) is 12.8. The van der Waals surface area contributed by atoms with Crippen molar-refractivity contribution in [2.24, 2.45) is 0 Å². The van der Waals surface area contributed by atoms with Crippen molar-refractivity contribution in [3.63, 3.8) is 0 Å². The number of fused-ring (bicyclic) bond motifs is 1. The Balaban J connectivity index is 1.09. The molecule has 1 aromatic heterocycles. The highest BCUT2D eigenvalue weighted by Gasteiger charge is 2.25. The predicted octanol–water partition coefficient (Wildman–Crippen LogP) is 7.84. The molecule has 1 fully saturated rings. The van der Waals surface area contributed by atoms with Crippen molar-refractivity contribution >= 4 is 42.0 Å². The molecule has 0 unspecified atom stereocenters. The summed E-state index contributed by atoms with van der Waals surface area (Å²) in [6.07, 6.45) is 4.88. The fourth-order valence-corrected chi connectivity index (χ4v) is 5.80. The predicted molar refractivity (Wildman–Crippen MR) is 163 cm³/mol. The van der Waals surface area contributed by atoms with Crippen molar-refractivity contribution in [1.82, 2.24) is 19.9 Å². The van der Waals surface area contributed by atoms with E-state index in [1.807, 2.05) is 16.8 Å². The van der Waals surface area contributed by atoms with E-state index in [1.54, 1.807) is 0 Å². The quantitative estimate of drug-likeness (QED) is 0.139. The lowest BCUT2D eigenvalue weighted by Crippen LogP contribution is -2.46. The first-order valence-electron chi connectivity index (χ1n) is 14.7. The monoisotopic (exact) mass is 593 g/mol. The number of benzene rings is 2. The van der Waals surface area contributed by atoms with Crippen LogP contribution < -0.4 is 4.90 Å². The van der Waals surface area contributed by atoms with Gasteiger partial charge in [-0.1, -0.05) is 49.5 Å². The molecule has 2 aromatic carbocycles. The molecule has 220 valence electrons. The maximum absolute atomic E-state index is 12.2. The van der Waals surface area contributed by atoms with E-state index in [0.717, 1.165) is 111 Å². The highest BCUT2D eigenvalue weighted by atomic mass is 32.1. The van der Waals surface area contributed by atoms with Crippen LogP contribution in [0.15, 0.2) is 46.2 Å². The summed E-state index contributed by atoms with van der Waals surface area (Å²) in [5.74, 6) is 0. The van der Waals surface area contributed by atoms with Gasteiger partial charge in [-0.15, -0.1) is 30.4 Å². The van der Waals surface area contributed by atoms with E-state index in [-0.39, 0.29) is 6.42 Å². The highest BCUT2D eigenvalue weighted by Crippen LogP contribution is 2.25. The average molecular weight is 594 g/mol. The minimum Gasteiger partial charge on any atom is -0.369 e. The first kappa shape index (κ1) is 31.0. The van der Waals surface area contributed by atoms with Crippen molar-refractivity contribution in [1.29, 1.82) is 0 Å². The number of nitrogens with zero attached hydrogens (tertiary/aromatic N) is 5. The van der Waals surface area contributed by atoms with Gasteiger partial charge in [0.2, 0.25) is 0 Å². The van der Waals surface area contributed by atoms with Crippen LogP contribution in [0.5, 0.6) is 0 Å². The van der Waals surface area contributed by atoms with Gasteiger partial charge in [0, 0.05) is 54.6 Å². The van der Waals surface area contributed by atoms with Crippen molar-refractivity contribution < 1.29 is 13.2 Å². The fraction of sp³-hybridized carbons (Fsp3) is 0.600. The van der Waals surface area contributed by atoms with Gasteiger partial charge in [-0.2, -0.15) is 13.2 Å². The maximum atomic E-state index is 12.2. The standard InChI is InChI=1S/C30H42F3N5S2/c31-30(32,33)14-7-5-3-1-2-4-6-11-24-12-10-13-25(21-24)37-19-17-36(18-20-37)15-8-9-16-38-27-23-29(40)28(39)22-26(27)34-35-38/h10,12-13,21-23,39-40H,1-9,11,14-20H2. The molecule has 5 nitrogen and oxygen atoms in total. The number of alkyl halides is 3. The number of aromatic nitrogens is 3. The molecule has 1 aliphatic rings. The fourth-order valence-electron chi connectivity index (χ4n) is 5.43. The molecule has 0 spiro atoms. The lowest BCUT2D eigenvalue weighted by molar-refractivity contribution is -0.135. The van der Waals surface area contributed by atoms with E-state index < -0.39 is 12.6 Å². The van der Waals surface area contributed by atoms with Crippen molar-refractivity contribution in [3.8, 4) is 0 Å². The molecule has 3 aromatic rings. The zero-order valence-electron chi connectivity index (χ0n) is 23.2. The van der Waals surface area contributed by atoms with Crippen LogP contribution in [0.25, 0.3) is 11.0 Å². The van der Waals surface area contributed by atoms with Gasteiger partial charge >= 0.3 is 6.18 Å². The molecular formula is C30H42F3N5S2. The summed E-state index contributed by atoms with van der Waals surface area (Å²) < 4.78 is 38.6.